The van der Waals surface area contributed by atoms with Gasteiger partial charge in [-0.1, -0.05) is 65.3 Å². The van der Waals surface area contributed by atoms with Crippen LogP contribution < -0.4 is 0 Å². The molecule has 2 aromatic rings. The summed E-state index contributed by atoms with van der Waals surface area (Å²) < 4.78 is 0. The van der Waals surface area contributed by atoms with Gasteiger partial charge in [0.15, 0.2) is 0 Å². The molecule has 1 aromatic carbocycles. The molecule has 4 nitrogen and oxygen atoms in total. The fourth-order valence-corrected chi connectivity index (χ4v) is 3.53. The number of hydrogen-bond acceptors (Lipinski definition) is 3. The lowest BCUT2D eigenvalue weighted by molar-refractivity contribution is -0.000346. The summed E-state index contributed by atoms with van der Waals surface area (Å²) >= 11 is 6.10. The molecule has 134 valence electrons. The zero-order valence-corrected chi connectivity index (χ0v) is 16.5. The molecule has 5 heteroatoms. The third kappa shape index (κ3) is 2.91. The highest BCUT2D eigenvalue weighted by atomic mass is 35.5. The lowest BCUT2D eigenvalue weighted by Crippen LogP contribution is -2.55. The van der Waals surface area contributed by atoms with E-state index >= 15 is 0 Å². The van der Waals surface area contributed by atoms with Crippen molar-refractivity contribution in [1.29, 1.82) is 0 Å². The Morgan fingerprint density at radius 3 is 2.32 bits per heavy atom. The summed E-state index contributed by atoms with van der Waals surface area (Å²) in [5.74, 6) is 0. The van der Waals surface area contributed by atoms with Crippen LogP contribution in [0.2, 0.25) is 5.02 Å². The Labute approximate surface area is 154 Å². The Morgan fingerprint density at radius 2 is 1.72 bits per heavy atom. The number of aliphatic hydroxyl groups is 1. The monoisotopic (exact) mass is 359 g/mol. The zero-order valence-electron chi connectivity index (χ0n) is 15.7. The summed E-state index contributed by atoms with van der Waals surface area (Å²) in [6, 6.07) is 5.47. The smallest absolute Gasteiger partial charge is 0.135 e. The number of benzene rings is 1. The number of aliphatic hydroxyl groups excluding tert-OH is 1. The van der Waals surface area contributed by atoms with E-state index in [0.29, 0.717) is 5.02 Å². The minimum Gasteiger partial charge on any atom is -0.386 e. The summed E-state index contributed by atoms with van der Waals surface area (Å²) in [4.78, 5) is 1.67. The Kier molecular flexibility index (Phi) is 4.12. The van der Waals surface area contributed by atoms with Crippen LogP contribution in [0.15, 0.2) is 42.0 Å². The molecule has 0 aliphatic heterocycles. The highest BCUT2D eigenvalue weighted by Gasteiger charge is 2.51. The van der Waals surface area contributed by atoms with Gasteiger partial charge < -0.3 is 5.11 Å². The van der Waals surface area contributed by atoms with Gasteiger partial charge in [-0.3, -0.25) is 0 Å². The first-order valence-corrected chi connectivity index (χ1v) is 8.96. The number of halogens is 1. The predicted octanol–water partition coefficient (Wildman–Crippen LogP) is 4.73. The first-order chi connectivity index (χ1) is 11.4. The quantitative estimate of drug-likeness (QED) is 0.800. The second-order valence-electron chi connectivity index (χ2n) is 8.85. The third-order valence-electron chi connectivity index (χ3n) is 5.03. The first-order valence-electron chi connectivity index (χ1n) is 8.58. The lowest BCUT2D eigenvalue weighted by Gasteiger charge is -2.46. The zero-order chi connectivity index (χ0) is 18.6. The van der Waals surface area contributed by atoms with Crippen LogP contribution in [0.1, 0.15) is 41.5 Å². The molecule has 2 atom stereocenters. The van der Waals surface area contributed by atoms with Crippen LogP contribution in [-0.4, -0.2) is 26.2 Å². The Bertz CT molecular complexity index is 867. The van der Waals surface area contributed by atoms with Crippen molar-refractivity contribution in [3.8, 4) is 0 Å². The van der Waals surface area contributed by atoms with Crippen LogP contribution in [0.25, 0.3) is 11.0 Å². The van der Waals surface area contributed by atoms with Crippen molar-refractivity contribution in [1.82, 2.24) is 15.0 Å². The van der Waals surface area contributed by atoms with Gasteiger partial charge in [0.25, 0.3) is 0 Å². The summed E-state index contributed by atoms with van der Waals surface area (Å²) in [5, 5.41) is 21.0. The molecular formula is C20H26ClN3O. The van der Waals surface area contributed by atoms with E-state index in [4.69, 9.17) is 16.7 Å². The summed E-state index contributed by atoms with van der Waals surface area (Å²) in [6.07, 6.45) is 5.27. The van der Waals surface area contributed by atoms with Crippen LogP contribution in [-0.2, 0) is 5.54 Å². The normalized spacial score (nSPS) is 24.6. The van der Waals surface area contributed by atoms with E-state index in [1.54, 1.807) is 16.9 Å². The van der Waals surface area contributed by atoms with E-state index in [0.717, 1.165) is 16.6 Å². The van der Waals surface area contributed by atoms with E-state index in [1.807, 2.05) is 18.2 Å². The topological polar surface area (TPSA) is 50.9 Å². The molecule has 0 fully saturated rings. The molecule has 0 radical (unpaired) electrons. The molecule has 1 N–H and O–H groups in total. The molecule has 1 aliphatic rings. The minimum atomic E-state index is -0.782. The Balaban J connectivity index is 2.29. The SMILES string of the molecule is CC(C)(C)C1=CC(n2nc3ccc(Cl)cc3n2)(C(C)(C)C)C(O)C=C1. The molecule has 25 heavy (non-hydrogen) atoms. The molecule has 1 aromatic heterocycles. The van der Waals surface area contributed by atoms with Crippen LogP contribution in [0.4, 0.5) is 0 Å². The van der Waals surface area contributed by atoms with Gasteiger partial charge in [0, 0.05) is 5.02 Å². The maximum Gasteiger partial charge on any atom is 0.135 e. The van der Waals surface area contributed by atoms with Crippen LogP contribution in [0, 0.1) is 10.8 Å². The average Bonchev–Trinajstić information content (AvgIpc) is 2.88. The summed E-state index contributed by atoms with van der Waals surface area (Å²) in [6.45, 7) is 12.8. The Hall–Kier alpha value is -1.65. The number of allylic oxidation sites excluding steroid dienone is 2. The summed E-state index contributed by atoms with van der Waals surface area (Å²) in [5.41, 5.74) is 1.52. The Morgan fingerprint density at radius 1 is 1.08 bits per heavy atom. The maximum absolute atomic E-state index is 11.0. The van der Waals surface area contributed by atoms with Gasteiger partial charge in [-0.2, -0.15) is 15.0 Å². The summed E-state index contributed by atoms with van der Waals surface area (Å²) in [7, 11) is 0. The number of rotatable bonds is 1. The van der Waals surface area contributed by atoms with Gasteiger partial charge in [0.1, 0.15) is 22.7 Å². The van der Waals surface area contributed by atoms with Gasteiger partial charge in [0.2, 0.25) is 0 Å². The molecule has 1 heterocycles. The molecule has 3 rings (SSSR count). The van der Waals surface area contributed by atoms with Gasteiger partial charge in [0.05, 0.1) is 0 Å². The number of nitrogens with zero attached hydrogens (tertiary/aromatic N) is 3. The fraction of sp³-hybridized carbons (Fsp3) is 0.500. The van der Waals surface area contributed by atoms with Crippen molar-refractivity contribution in [3.05, 3.63) is 47.0 Å². The minimum absolute atomic E-state index is 0.0387. The standard InChI is InChI=1S/C20H26ClN3O/c1-18(2,3)13-7-10-17(25)20(12-13,19(4,5)6)24-22-15-9-8-14(21)11-16(15)23-24/h7-12,17,25H,1-6H3. The van der Waals surface area contributed by atoms with Gasteiger partial charge in [-0.15, -0.1) is 0 Å². The van der Waals surface area contributed by atoms with Crippen LogP contribution in [0.3, 0.4) is 0 Å². The van der Waals surface area contributed by atoms with Crippen LogP contribution in [0.5, 0.6) is 0 Å². The highest BCUT2D eigenvalue weighted by Crippen LogP contribution is 2.46. The maximum atomic E-state index is 11.0. The molecule has 2 unspecified atom stereocenters. The molecule has 0 spiro atoms. The average molecular weight is 360 g/mol. The van der Waals surface area contributed by atoms with E-state index in [2.05, 4.69) is 52.7 Å². The first kappa shape index (κ1) is 18.2. The van der Waals surface area contributed by atoms with Crippen LogP contribution >= 0.6 is 11.6 Å². The van der Waals surface area contributed by atoms with Gasteiger partial charge in [-0.05, 0) is 40.7 Å². The highest BCUT2D eigenvalue weighted by molar-refractivity contribution is 6.31. The van der Waals surface area contributed by atoms with Crippen molar-refractivity contribution in [2.45, 2.75) is 53.2 Å². The van der Waals surface area contributed by atoms with Crippen molar-refractivity contribution in [3.63, 3.8) is 0 Å². The van der Waals surface area contributed by atoms with Crippen molar-refractivity contribution in [2.75, 3.05) is 0 Å². The van der Waals surface area contributed by atoms with E-state index < -0.39 is 11.6 Å². The predicted molar refractivity (Wildman–Crippen MR) is 103 cm³/mol. The van der Waals surface area contributed by atoms with Gasteiger partial charge in [-0.25, -0.2) is 0 Å². The van der Waals surface area contributed by atoms with Crippen molar-refractivity contribution >= 4 is 22.6 Å². The number of aromatic nitrogens is 3. The molecule has 0 amide bonds. The molecule has 1 aliphatic carbocycles. The number of fused-ring (bicyclic) bond motifs is 1. The van der Waals surface area contributed by atoms with Gasteiger partial charge >= 0.3 is 0 Å². The largest absolute Gasteiger partial charge is 0.386 e. The van der Waals surface area contributed by atoms with Crippen molar-refractivity contribution in [2.24, 2.45) is 10.8 Å². The second kappa shape index (κ2) is 5.68. The molecule has 0 bridgehead atoms. The molecule has 0 saturated heterocycles. The fourth-order valence-electron chi connectivity index (χ4n) is 3.37. The second-order valence-corrected chi connectivity index (χ2v) is 9.29. The van der Waals surface area contributed by atoms with E-state index in [9.17, 15) is 5.11 Å². The lowest BCUT2D eigenvalue weighted by atomic mass is 9.65. The van der Waals surface area contributed by atoms with E-state index in [-0.39, 0.29) is 10.8 Å². The molecular weight excluding hydrogens is 334 g/mol. The van der Waals surface area contributed by atoms with E-state index in [1.165, 1.54) is 0 Å². The number of hydrogen-bond donors (Lipinski definition) is 1. The van der Waals surface area contributed by atoms with Crippen molar-refractivity contribution < 1.29 is 5.11 Å². The molecule has 0 saturated carbocycles. The third-order valence-corrected chi connectivity index (χ3v) is 5.26.